The summed E-state index contributed by atoms with van der Waals surface area (Å²) in [6.45, 7) is 1.91. The highest BCUT2D eigenvalue weighted by Gasteiger charge is 2.30. The Labute approximate surface area is 125 Å². The molecule has 1 aromatic carbocycles. The predicted octanol–water partition coefficient (Wildman–Crippen LogP) is 2.47. The largest absolute Gasteiger partial charge is 0.508 e. The molecule has 3 rings (SSSR count). The number of hydrogen-bond acceptors (Lipinski definition) is 5. The average Bonchev–Trinajstić information content (AvgIpc) is 3.17. The summed E-state index contributed by atoms with van der Waals surface area (Å²) in [7, 11) is 0. The molecule has 1 aliphatic carbocycles. The topological polar surface area (TPSA) is 88.2 Å². The molecule has 21 heavy (non-hydrogen) atoms. The molecule has 1 fully saturated rings. The Morgan fingerprint density at radius 2 is 2.19 bits per heavy atom. The Kier molecular flexibility index (Phi) is 3.59. The Morgan fingerprint density at radius 3 is 2.81 bits per heavy atom. The van der Waals surface area contributed by atoms with Gasteiger partial charge in [-0.15, -0.1) is 10.2 Å². The first-order valence-corrected chi connectivity index (χ1v) is 7.64. The van der Waals surface area contributed by atoms with Crippen molar-refractivity contribution in [2.75, 3.05) is 5.75 Å². The van der Waals surface area contributed by atoms with Crippen LogP contribution < -0.4 is 0 Å². The number of carboxylic acid groups (broad SMARTS) is 1. The van der Waals surface area contributed by atoms with Crippen LogP contribution in [0, 0.1) is 6.92 Å². The molecular weight excluding hydrogens is 290 g/mol. The average molecular weight is 305 g/mol. The predicted molar refractivity (Wildman–Crippen MR) is 78.5 cm³/mol. The van der Waals surface area contributed by atoms with E-state index in [-0.39, 0.29) is 11.5 Å². The Balaban J connectivity index is 2.00. The third-order valence-electron chi connectivity index (χ3n) is 3.35. The van der Waals surface area contributed by atoms with Crippen LogP contribution >= 0.6 is 11.8 Å². The van der Waals surface area contributed by atoms with Crippen LogP contribution in [-0.2, 0) is 4.79 Å². The maximum Gasteiger partial charge on any atom is 0.313 e. The molecule has 1 saturated carbocycles. The molecule has 0 aliphatic heterocycles. The molecular formula is C14H15N3O3S. The zero-order valence-electron chi connectivity index (χ0n) is 11.5. The number of benzene rings is 1. The second-order valence-corrected chi connectivity index (χ2v) is 6.03. The number of rotatable bonds is 5. The number of carboxylic acids is 1. The van der Waals surface area contributed by atoms with Crippen LogP contribution in [0.25, 0.3) is 11.4 Å². The standard InChI is InChI=1S/C14H15N3O3S/c1-8-6-10(18)4-5-11(8)13-15-16-14(21-7-12(19)20)17(13)9-2-3-9/h4-6,9,18H,2-3,7H2,1H3,(H,19,20). The highest BCUT2D eigenvalue weighted by atomic mass is 32.2. The van der Waals surface area contributed by atoms with E-state index in [9.17, 15) is 9.90 Å². The van der Waals surface area contributed by atoms with Gasteiger partial charge in [0.2, 0.25) is 0 Å². The van der Waals surface area contributed by atoms with E-state index in [1.165, 1.54) is 11.8 Å². The quantitative estimate of drug-likeness (QED) is 0.825. The summed E-state index contributed by atoms with van der Waals surface area (Å²) in [5.74, 6) is 0.0594. The lowest BCUT2D eigenvalue weighted by atomic mass is 10.1. The van der Waals surface area contributed by atoms with Crippen LogP contribution in [0.5, 0.6) is 5.75 Å². The van der Waals surface area contributed by atoms with Crippen LogP contribution in [0.15, 0.2) is 23.4 Å². The van der Waals surface area contributed by atoms with Crippen molar-refractivity contribution in [2.45, 2.75) is 31.0 Å². The molecule has 7 heteroatoms. The van der Waals surface area contributed by atoms with Gasteiger partial charge >= 0.3 is 5.97 Å². The molecule has 0 unspecified atom stereocenters. The van der Waals surface area contributed by atoms with Gasteiger partial charge in [0.1, 0.15) is 5.75 Å². The second-order valence-electron chi connectivity index (χ2n) is 5.09. The van der Waals surface area contributed by atoms with Crippen molar-refractivity contribution >= 4 is 17.7 Å². The van der Waals surface area contributed by atoms with Crippen LogP contribution in [0.3, 0.4) is 0 Å². The van der Waals surface area contributed by atoms with Crippen molar-refractivity contribution in [1.82, 2.24) is 14.8 Å². The number of phenolic OH excluding ortho intramolecular Hbond substituents is 1. The molecule has 0 spiro atoms. The first kappa shape index (κ1) is 13.9. The smallest absolute Gasteiger partial charge is 0.313 e. The van der Waals surface area contributed by atoms with Crippen LogP contribution in [0.2, 0.25) is 0 Å². The van der Waals surface area contributed by atoms with E-state index in [1.807, 2.05) is 17.6 Å². The summed E-state index contributed by atoms with van der Waals surface area (Å²) in [6.07, 6.45) is 2.12. The van der Waals surface area contributed by atoms with Crippen LogP contribution in [0.4, 0.5) is 0 Å². The summed E-state index contributed by atoms with van der Waals surface area (Å²) in [5.41, 5.74) is 1.83. The molecule has 0 atom stereocenters. The highest BCUT2D eigenvalue weighted by molar-refractivity contribution is 7.99. The van der Waals surface area contributed by atoms with Gasteiger partial charge in [0, 0.05) is 11.6 Å². The first-order valence-electron chi connectivity index (χ1n) is 6.65. The van der Waals surface area contributed by atoms with Crippen molar-refractivity contribution < 1.29 is 15.0 Å². The number of aryl methyl sites for hydroxylation is 1. The number of nitrogens with zero attached hydrogens (tertiary/aromatic N) is 3. The molecule has 2 aromatic rings. The van der Waals surface area contributed by atoms with Crippen molar-refractivity contribution in [1.29, 1.82) is 0 Å². The van der Waals surface area contributed by atoms with Gasteiger partial charge in [0.25, 0.3) is 0 Å². The molecule has 0 saturated heterocycles. The van der Waals surface area contributed by atoms with E-state index in [4.69, 9.17) is 5.11 Å². The zero-order valence-corrected chi connectivity index (χ0v) is 12.3. The molecule has 1 aliphatic rings. The lowest BCUT2D eigenvalue weighted by Crippen LogP contribution is -2.03. The van der Waals surface area contributed by atoms with Gasteiger partial charge in [-0.1, -0.05) is 11.8 Å². The van der Waals surface area contributed by atoms with Gasteiger partial charge in [-0.05, 0) is 43.5 Å². The number of aromatic hydroxyl groups is 1. The molecule has 0 radical (unpaired) electrons. The van der Waals surface area contributed by atoms with E-state index < -0.39 is 5.97 Å². The van der Waals surface area contributed by atoms with Crippen molar-refractivity contribution in [3.8, 4) is 17.1 Å². The van der Waals surface area contributed by atoms with E-state index in [0.29, 0.717) is 11.2 Å². The maximum atomic E-state index is 10.7. The van der Waals surface area contributed by atoms with Gasteiger partial charge in [0.05, 0.1) is 5.75 Å². The Bertz CT molecular complexity index is 695. The maximum absolute atomic E-state index is 10.7. The zero-order chi connectivity index (χ0) is 15.0. The van der Waals surface area contributed by atoms with Crippen LogP contribution in [-0.4, -0.2) is 36.7 Å². The van der Waals surface area contributed by atoms with Gasteiger partial charge in [-0.3, -0.25) is 9.36 Å². The molecule has 1 aromatic heterocycles. The fourth-order valence-corrected chi connectivity index (χ4v) is 2.97. The fraction of sp³-hybridized carbons (Fsp3) is 0.357. The van der Waals surface area contributed by atoms with Gasteiger partial charge in [-0.2, -0.15) is 0 Å². The number of aromatic nitrogens is 3. The van der Waals surface area contributed by atoms with Crippen LogP contribution in [0.1, 0.15) is 24.4 Å². The van der Waals surface area contributed by atoms with Gasteiger partial charge in [-0.25, -0.2) is 0 Å². The first-order chi connectivity index (χ1) is 10.1. The van der Waals surface area contributed by atoms with Gasteiger partial charge in [0.15, 0.2) is 11.0 Å². The number of hydrogen-bond donors (Lipinski definition) is 2. The van der Waals surface area contributed by atoms with E-state index in [2.05, 4.69) is 10.2 Å². The normalized spacial score (nSPS) is 14.3. The summed E-state index contributed by atoms with van der Waals surface area (Å²) in [4.78, 5) is 10.7. The van der Waals surface area contributed by atoms with E-state index >= 15 is 0 Å². The molecule has 1 heterocycles. The molecule has 110 valence electrons. The third-order valence-corrected chi connectivity index (χ3v) is 4.28. The number of thioether (sulfide) groups is 1. The third kappa shape index (κ3) is 2.87. The summed E-state index contributed by atoms with van der Waals surface area (Å²) < 4.78 is 2.02. The van der Waals surface area contributed by atoms with Crippen molar-refractivity contribution in [3.63, 3.8) is 0 Å². The molecule has 2 N–H and O–H groups in total. The monoisotopic (exact) mass is 305 g/mol. The van der Waals surface area contributed by atoms with E-state index in [1.54, 1.807) is 12.1 Å². The minimum atomic E-state index is -0.868. The summed E-state index contributed by atoms with van der Waals surface area (Å²) in [6, 6.07) is 5.47. The van der Waals surface area contributed by atoms with Gasteiger partial charge < -0.3 is 10.2 Å². The summed E-state index contributed by atoms with van der Waals surface area (Å²) >= 11 is 1.19. The Morgan fingerprint density at radius 1 is 1.43 bits per heavy atom. The number of carbonyl (C=O) groups is 1. The minimum absolute atomic E-state index is 0.0284. The van der Waals surface area contributed by atoms with Crippen molar-refractivity contribution in [2.24, 2.45) is 0 Å². The summed E-state index contributed by atoms with van der Waals surface area (Å²) in [5, 5.41) is 27.3. The highest BCUT2D eigenvalue weighted by Crippen LogP contribution is 2.41. The lowest BCUT2D eigenvalue weighted by molar-refractivity contribution is -0.133. The number of aliphatic carboxylic acids is 1. The Hall–Kier alpha value is -2.02. The number of phenols is 1. The lowest BCUT2D eigenvalue weighted by Gasteiger charge is -2.10. The second kappa shape index (κ2) is 5.40. The SMILES string of the molecule is Cc1cc(O)ccc1-c1nnc(SCC(=O)O)n1C1CC1. The molecule has 6 nitrogen and oxygen atoms in total. The fourth-order valence-electron chi connectivity index (χ4n) is 2.25. The van der Waals surface area contributed by atoms with E-state index in [0.717, 1.165) is 29.8 Å². The molecule has 0 amide bonds. The molecule has 0 bridgehead atoms. The van der Waals surface area contributed by atoms with Crippen molar-refractivity contribution in [3.05, 3.63) is 23.8 Å². The minimum Gasteiger partial charge on any atom is -0.508 e.